The third-order valence-electron chi connectivity index (χ3n) is 2.69. The lowest BCUT2D eigenvalue weighted by Crippen LogP contribution is -2.07. The fourth-order valence-electron chi connectivity index (χ4n) is 1.76. The lowest BCUT2D eigenvalue weighted by Gasteiger charge is -2.17. The fraction of sp³-hybridized carbons (Fsp3) is 0.417. The molecule has 0 aliphatic heterocycles. The van der Waals surface area contributed by atoms with E-state index in [0.717, 1.165) is 17.8 Å². The Bertz CT molecular complexity index is 496. The van der Waals surface area contributed by atoms with Crippen LogP contribution in [-0.4, -0.2) is 17.2 Å². The fourth-order valence-corrected chi connectivity index (χ4v) is 1.90. The van der Waals surface area contributed by atoms with Crippen molar-refractivity contribution in [1.29, 1.82) is 0 Å². The molecule has 16 heavy (non-hydrogen) atoms. The summed E-state index contributed by atoms with van der Waals surface area (Å²) >= 11 is 4.57. The van der Waals surface area contributed by atoms with Crippen molar-refractivity contribution in [2.75, 3.05) is 7.05 Å². The maximum absolute atomic E-state index is 4.57. The molecule has 0 spiro atoms. The Kier molecular flexibility index (Phi) is 2.95. The first kappa shape index (κ1) is 11.5. The maximum Gasteiger partial charge on any atom is 0.0927 e. The van der Waals surface area contributed by atoms with Gasteiger partial charge in [-0.25, -0.2) is 0 Å². The van der Waals surface area contributed by atoms with Crippen molar-refractivity contribution in [3.8, 4) is 0 Å². The molecule has 0 saturated heterocycles. The molecule has 1 aromatic carbocycles. The largest absolute Gasteiger partial charge is 0.314 e. The second-order valence-electron chi connectivity index (χ2n) is 4.52. The highest BCUT2D eigenvalue weighted by Crippen LogP contribution is 2.29. The van der Waals surface area contributed by atoms with Gasteiger partial charge in [0.25, 0.3) is 0 Å². The second kappa shape index (κ2) is 4.11. The van der Waals surface area contributed by atoms with Crippen molar-refractivity contribution in [3.63, 3.8) is 0 Å². The standard InChI is InChI=1S/C12H17N3S/c1-12(2,16)8-4-5-9-10(6-8)14-15-11(9)7-13-3/h4-6,13,16H,7H2,1-3H3,(H,14,15). The number of fused-ring (bicyclic) bond motifs is 1. The van der Waals surface area contributed by atoms with Crippen molar-refractivity contribution in [1.82, 2.24) is 15.5 Å². The molecule has 0 radical (unpaired) electrons. The quantitative estimate of drug-likeness (QED) is 0.715. The molecule has 2 N–H and O–H groups in total. The van der Waals surface area contributed by atoms with Gasteiger partial charge in [-0.1, -0.05) is 12.1 Å². The summed E-state index contributed by atoms with van der Waals surface area (Å²) in [6.45, 7) is 4.97. The number of hydrogen-bond donors (Lipinski definition) is 3. The van der Waals surface area contributed by atoms with Gasteiger partial charge in [-0.15, -0.1) is 0 Å². The summed E-state index contributed by atoms with van der Waals surface area (Å²) in [6, 6.07) is 6.32. The normalized spacial score (nSPS) is 12.2. The van der Waals surface area contributed by atoms with Crippen molar-refractivity contribution < 1.29 is 0 Å². The van der Waals surface area contributed by atoms with E-state index >= 15 is 0 Å². The topological polar surface area (TPSA) is 40.7 Å². The average molecular weight is 235 g/mol. The van der Waals surface area contributed by atoms with E-state index in [1.54, 1.807) is 0 Å². The van der Waals surface area contributed by atoms with Crippen LogP contribution in [0.15, 0.2) is 18.2 Å². The zero-order valence-electron chi connectivity index (χ0n) is 9.83. The molecule has 0 fully saturated rings. The molecular weight excluding hydrogens is 218 g/mol. The summed E-state index contributed by atoms with van der Waals surface area (Å²) < 4.78 is -0.129. The van der Waals surface area contributed by atoms with Crippen LogP contribution < -0.4 is 5.32 Å². The summed E-state index contributed by atoms with van der Waals surface area (Å²) in [5, 5.41) is 11.7. The first-order chi connectivity index (χ1) is 7.52. The molecule has 2 rings (SSSR count). The van der Waals surface area contributed by atoms with E-state index in [4.69, 9.17) is 0 Å². The van der Waals surface area contributed by atoms with E-state index in [2.05, 4.69) is 60.2 Å². The monoisotopic (exact) mass is 235 g/mol. The number of aromatic nitrogens is 2. The van der Waals surface area contributed by atoms with Crippen LogP contribution in [0.5, 0.6) is 0 Å². The summed E-state index contributed by atoms with van der Waals surface area (Å²) in [4.78, 5) is 0. The summed E-state index contributed by atoms with van der Waals surface area (Å²) in [6.07, 6.45) is 0. The van der Waals surface area contributed by atoms with Gasteiger partial charge >= 0.3 is 0 Å². The van der Waals surface area contributed by atoms with Crippen molar-refractivity contribution in [3.05, 3.63) is 29.5 Å². The zero-order chi connectivity index (χ0) is 11.8. The van der Waals surface area contributed by atoms with Crippen LogP contribution in [0.4, 0.5) is 0 Å². The number of thiol groups is 1. The van der Waals surface area contributed by atoms with Gasteiger partial charge in [0.05, 0.1) is 11.2 Å². The van der Waals surface area contributed by atoms with Gasteiger partial charge in [0, 0.05) is 16.7 Å². The number of nitrogens with zero attached hydrogens (tertiary/aromatic N) is 1. The summed E-state index contributed by atoms with van der Waals surface area (Å²) in [5.41, 5.74) is 3.32. The van der Waals surface area contributed by atoms with Crippen LogP contribution >= 0.6 is 12.6 Å². The predicted molar refractivity (Wildman–Crippen MR) is 70.9 cm³/mol. The van der Waals surface area contributed by atoms with Crippen LogP contribution in [0.3, 0.4) is 0 Å². The highest BCUT2D eigenvalue weighted by molar-refractivity contribution is 7.81. The maximum atomic E-state index is 4.57. The molecule has 1 heterocycles. The SMILES string of the molecule is CNCc1[nH]nc2cc(C(C)(C)S)ccc12. The molecule has 86 valence electrons. The van der Waals surface area contributed by atoms with E-state index in [-0.39, 0.29) is 4.75 Å². The van der Waals surface area contributed by atoms with E-state index < -0.39 is 0 Å². The molecular formula is C12H17N3S. The lowest BCUT2D eigenvalue weighted by molar-refractivity contribution is 0.789. The van der Waals surface area contributed by atoms with E-state index in [1.807, 2.05) is 7.05 Å². The molecule has 0 bridgehead atoms. The highest BCUT2D eigenvalue weighted by Gasteiger charge is 2.16. The van der Waals surface area contributed by atoms with Gasteiger partial charge in [0.15, 0.2) is 0 Å². The predicted octanol–water partition coefficient (Wildman–Crippen LogP) is 2.45. The molecule has 3 nitrogen and oxygen atoms in total. The Balaban J connectivity index is 2.49. The Morgan fingerprint density at radius 1 is 1.44 bits per heavy atom. The van der Waals surface area contributed by atoms with Gasteiger partial charge in [0.1, 0.15) is 0 Å². The lowest BCUT2D eigenvalue weighted by atomic mass is 10.0. The first-order valence-electron chi connectivity index (χ1n) is 5.37. The van der Waals surface area contributed by atoms with Crippen molar-refractivity contribution >= 4 is 23.5 Å². The average Bonchev–Trinajstić information content (AvgIpc) is 2.60. The Hall–Kier alpha value is -1.00. The minimum absolute atomic E-state index is 0.129. The highest BCUT2D eigenvalue weighted by atomic mass is 32.1. The number of aromatic amines is 1. The minimum Gasteiger partial charge on any atom is -0.314 e. The van der Waals surface area contributed by atoms with Gasteiger partial charge in [-0.3, -0.25) is 5.10 Å². The zero-order valence-corrected chi connectivity index (χ0v) is 10.7. The minimum atomic E-state index is -0.129. The molecule has 0 aliphatic rings. The molecule has 0 saturated carbocycles. The van der Waals surface area contributed by atoms with Gasteiger partial charge in [-0.05, 0) is 32.5 Å². The molecule has 0 aliphatic carbocycles. The van der Waals surface area contributed by atoms with Crippen molar-refractivity contribution in [2.45, 2.75) is 25.1 Å². The van der Waals surface area contributed by atoms with Gasteiger partial charge < -0.3 is 5.32 Å². The third kappa shape index (κ3) is 2.08. The molecule has 0 amide bonds. The second-order valence-corrected chi connectivity index (χ2v) is 5.64. The molecule has 0 unspecified atom stereocenters. The Labute approximate surface area is 101 Å². The molecule has 2 aromatic rings. The van der Waals surface area contributed by atoms with Crippen LogP contribution in [0.25, 0.3) is 10.9 Å². The van der Waals surface area contributed by atoms with Crippen molar-refractivity contribution in [2.24, 2.45) is 0 Å². The Morgan fingerprint density at radius 2 is 2.19 bits per heavy atom. The van der Waals surface area contributed by atoms with E-state index in [1.165, 1.54) is 10.9 Å². The molecule has 4 heteroatoms. The van der Waals surface area contributed by atoms with Crippen LogP contribution in [0.1, 0.15) is 25.1 Å². The number of benzene rings is 1. The van der Waals surface area contributed by atoms with E-state index in [9.17, 15) is 0 Å². The number of H-pyrrole nitrogens is 1. The smallest absolute Gasteiger partial charge is 0.0927 e. The summed E-state index contributed by atoms with van der Waals surface area (Å²) in [7, 11) is 1.93. The number of rotatable bonds is 3. The van der Waals surface area contributed by atoms with Crippen LogP contribution in [0, 0.1) is 0 Å². The Morgan fingerprint density at radius 3 is 2.81 bits per heavy atom. The molecule has 1 aromatic heterocycles. The number of nitrogens with one attached hydrogen (secondary N) is 2. The summed E-state index contributed by atoms with van der Waals surface area (Å²) in [5.74, 6) is 0. The van der Waals surface area contributed by atoms with Crippen LogP contribution in [-0.2, 0) is 11.3 Å². The van der Waals surface area contributed by atoms with E-state index in [0.29, 0.717) is 0 Å². The molecule has 0 atom stereocenters. The third-order valence-corrected chi connectivity index (χ3v) is 2.95. The number of hydrogen-bond acceptors (Lipinski definition) is 3. The first-order valence-corrected chi connectivity index (χ1v) is 5.81. The van der Waals surface area contributed by atoms with Crippen LogP contribution in [0.2, 0.25) is 0 Å². The van der Waals surface area contributed by atoms with Gasteiger partial charge in [-0.2, -0.15) is 17.7 Å². The van der Waals surface area contributed by atoms with Gasteiger partial charge in [0.2, 0.25) is 0 Å².